The van der Waals surface area contributed by atoms with Crippen LogP contribution in [0.5, 0.6) is 0 Å². The normalized spacial score (nSPS) is 13.7. The molecule has 1 unspecified atom stereocenters. The fourth-order valence-corrected chi connectivity index (χ4v) is 1.36. The number of nitrogens with one attached hydrogen (secondary N) is 1. The Morgan fingerprint density at radius 1 is 1.47 bits per heavy atom. The highest BCUT2D eigenvalue weighted by Gasteiger charge is 2.16. The monoisotopic (exact) mass is 216 g/mol. The number of amides is 1. The Kier molecular flexibility index (Phi) is 6.52. The van der Waals surface area contributed by atoms with Crippen molar-refractivity contribution >= 4 is 5.91 Å². The molecule has 4 N–H and O–H groups in total. The Morgan fingerprint density at radius 2 is 2.07 bits per heavy atom. The maximum atomic E-state index is 11.2. The molecule has 0 aliphatic carbocycles. The lowest BCUT2D eigenvalue weighted by Crippen LogP contribution is -2.34. The maximum Gasteiger partial charge on any atom is 0.220 e. The Balaban J connectivity index is 3.62. The molecule has 0 aromatic carbocycles. The van der Waals surface area contributed by atoms with Crippen molar-refractivity contribution in [3.8, 4) is 0 Å². The topological polar surface area (TPSA) is 75.3 Å². The van der Waals surface area contributed by atoms with Gasteiger partial charge in [0, 0.05) is 13.0 Å². The van der Waals surface area contributed by atoms with E-state index in [0.717, 1.165) is 0 Å². The molecule has 0 aliphatic heterocycles. The Bertz CT molecular complexity index is 188. The number of carbonyl (C=O) groups excluding carboxylic acids is 1. The average molecular weight is 216 g/mol. The Morgan fingerprint density at radius 3 is 2.53 bits per heavy atom. The van der Waals surface area contributed by atoms with Crippen molar-refractivity contribution in [2.75, 3.05) is 13.1 Å². The summed E-state index contributed by atoms with van der Waals surface area (Å²) in [5, 5.41) is 12.3. The summed E-state index contributed by atoms with van der Waals surface area (Å²) < 4.78 is 0. The van der Waals surface area contributed by atoms with Crippen LogP contribution < -0.4 is 11.1 Å². The van der Waals surface area contributed by atoms with E-state index in [1.165, 1.54) is 0 Å². The summed E-state index contributed by atoms with van der Waals surface area (Å²) in [6, 6.07) is 0. The van der Waals surface area contributed by atoms with Crippen LogP contribution in [0.2, 0.25) is 0 Å². The van der Waals surface area contributed by atoms with E-state index in [1.807, 2.05) is 0 Å². The molecule has 0 saturated heterocycles. The number of aliphatic hydroxyl groups is 1. The molecule has 0 bridgehead atoms. The summed E-state index contributed by atoms with van der Waals surface area (Å²) in [5.74, 6) is -0.0339. The minimum Gasteiger partial charge on any atom is -0.391 e. The van der Waals surface area contributed by atoms with Gasteiger partial charge >= 0.3 is 0 Å². The molecule has 1 atom stereocenters. The van der Waals surface area contributed by atoms with E-state index in [4.69, 9.17) is 5.73 Å². The van der Waals surface area contributed by atoms with Gasteiger partial charge in [0.2, 0.25) is 5.91 Å². The molecule has 0 heterocycles. The number of carbonyl (C=O) groups is 1. The van der Waals surface area contributed by atoms with Crippen LogP contribution in [0.1, 0.15) is 40.0 Å². The highest BCUT2D eigenvalue weighted by atomic mass is 16.3. The van der Waals surface area contributed by atoms with Gasteiger partial charge < -0.3 is 16.2 Å². The zero-order valence-electron chi connectivity index (χ0n) is 10.0. The van der Waals surface area contributed by atoms with Crippen molar-refractivity contribution in [1.29, 1.82) is 0 Å². The van der Waals surface area contributed by atoms with E-state index >= 15 is 0 Å². The predicted octanol–water partition coefficient (Wildman–Crippen LogP) is 0.639. The van der Waals surface area contributed by atoms with Crippen molar-refractivity contribution < 1.29 is 9.90 Å². The quantitative estimate of drug-likeness (QED) is 0.610. The molecule has 4 heteroatoms. The minimum absolute atomic E-state index is 0.0339. The summed E-state index contributed by atoms with van der Waals surface area (Å²) in [6.45, 7) is 7.05. The maximum absolute atomic E-state index is 11.2. The second-order valence-electron chi connectivity index (χ2n) is 5.11. The molecule has 0 saturated carbocycles. The lowest BCUT2D eigenvalue weighted by Gasteiger charge is -2.22. The molecule has 90 valence electrons. The molecule has 4 nitrogen and oxygen atoms in total. The first-order valence-electron chi connectivity index (χ1n) is 5.50. The van der Waals surface area contributed by atoms with Crippen LogP contribution in [0, 0.1) is 5.41 Å². The largest absolute Gasteiger partial charge is 0.391 e. The first-order valence-corrected chi connectivity index (χ1v) is 5.50. The van der Waals surface area contributed by atoms with Gasteiger partial charge in [-0.2, -0.15) is 0 Å². The third-order valence-corrected chi connectivity index (χ3v) is 1.99. The molecule has 0 radical (unpaired) electrons. The molecular weight excluding hydrogens is 192 g/mol. The van der Waals surface area contributed by atoms with Crippen LogP contribution >= 0.6 is 0 Å². The van der Waals surface area contributed by atoms with E-state index in [9.17, 15) is 9.90 Å². The van der Waals surface area contributed by atoms with Crippen molar-refractivity contribution in [3.05, 3.63) is 0 Å². The van der Waals surface area contributed by atoms with E-state index in [1.54, 1.807) is 0 Å². The van der Waals surface area contributed by atoms with E-state index in [-0.39, 0.29) is 11.3 Å². The lowest BCUT2D eigenvalue weighted by molar-refractivity contribution is -0.121. The van der Waals surface area contributed by atoms with Crippen molar-refractivity contribution in [2.24, 2.45) is 11.1 Å². The Labute approximate surface area is 92.2 Å². The molecule has 0 aromatic heterocycles. The fraction of sp³-hybridized carbons (Fsp3) is 0.909. The van der Waals surface area contributed by atoms with E-state index in [2.05, 4.69) is 26.1 Å². The van der Waals surface area contributed by atoms with Gasteiger partial charge in [0.15, 0.2) is 0 Å². The van der Waals surface area contributed by atoms with Crippen LogP contribution in [-0.4, -0.2) is 30.2 Å². The number of aliphatic hydroxyl groups excluding tert-OH is 1. The second kappa shape index (κ2) is 6.80. The summed E-state index contributed by atoms with van der Waals surface area (Å²) in [6.07, 6.45) is 1.36. The van der Waals surface area contributed by atoms with Gasteiger partial charge in [-0.1, -0.05) is 20.8 Å². The summed E-state index contributed by atoms with van der Waals surface area (Å²) >= 11 is 0. The lowest BCUT2D eigenvalue weighted by atomic mass is 9.89. The summed E-state index contributed by atoms with van der Waals surface area (Å²) in [5.41, 5.74) is 5.37. The molecule has 0 spiro atoms. The van der Waals surface area contributed by atoms with Crippen molar-refractivity contribution in [3.63, 3.8) is 0 Å². The second-order valence-corrected chi connectivity index (χ2v) is 5.11. The minimum atomic E-state index is -0.466. The third-order valence-electron chi connectivity index (χ3n) is 1.99. The number of hydrogen-bond donors (Lipinski definition) is 3. The van der Waals surface area contributed by atoms with Crippen LogP contribution in [-0.2, 0) is 4.79 Å². The Hall–Kier alpha value is -0.610. The van der Waals surface area contributed by atoms with Crippen LogP contribution in [0.25, 0.3) is 0 Å². The van der Waals surface area contributed by atoms with Crippen molar-refractivity contribution in [2.45, 2.75) is 46.1 Å². The molecule has 0 aliphatic rings. The first kappa shape index (κ1) is 14.4. The predicted molar refractivity (Wildman–Crippen MR) is 61.4 cm³/mol. The average Bonchev–Trinajstić information content (AvgIpc) is 2.08. The van der Waals surface area contributed by atoms with Gasteiger partial charge in [0.05, 0.1) is 6.10 Å². The van der Waals surface area contributed by atoms with Gasteiger partial charge in [0.1, 0.15) is 0 Å². The summed E-state index contributed by atoms with van der Waals surface area (Å²) in [4.78, 5) is 11.2. The standard InChI is InChI=1S/C11H24N2O2/c1-11(2,3)7-9(14)8-13-10(15)5-4-6-12/h9,14H,4-8,12H2,1-3H3,(H,13,15). The fourth-order valence-electron chi connectivity index (χ4n) is 1.36. The number of hydrogen-bond acceptors (Lipinski definition) is 3. The van der Waals surface area contributed by atoms with Crippen molar-refractivity contribution in [1.82, 2.24) is 5.32 Å². The van der Waals surface area contributed by atoms with E-state index in [0.29, 0.717) is 32.4 Å². The molecule has 0 rings (SSSR count). The summed E-state index contributed by atoms with van der Waals surface area (Å²) in [7, 11) is 0. The highest BCUT2D eigenvalue weighted by Crippen LogP contribution is 2.20. The smallest absolute Gasteiger partial charge is 0.220 e. The SMILES string of the molecule is CC(C)(C)CC(O)CNC(=O)CCCN. The molecular formula is C11H24N2O2. The zero-order valence-corrected chi connectivity index (χ0v) is 10.0. The molecule has 1 amide bonds. The van der Waals surface area contributed by atoms with Gasteiger partial charge in [-0.05, 0) is 24.8 Å². The zero-order chi connectivity index (χ0) is 11.9. The third kappa shape index (κ3) is 9.69. The first-order chi connectivity index (χ1) is 6.85. The number of rotatable bonds is 6. The van der Waals surface area contributed by atoms with Gasteiger partial charge in [-0.25, -0.2) is 0 Å². The van der Waals surface area contributed by atoms with Gasteiger partial charge in [0.25, 0.3) is 0 Å². The molecule has 0 aromatic rings. The van der Waals surface area contributed by atoms with E-state index < -0.39 is 6.10 Å². The van der Waals surface area contributed by atoms with Crippen LogP contribution in [0.4, 0.5) is 0 Å². The molecule has 15 heavy (non-hydrogen) atoms. The number of nitrogens with two attached hydrogens (primary N) is 1. The highest BCUT2D eigenvalue weighted by molar-refractivity contribution is 5.75. The molecule has 0 fully saturated rings. The van der Waals surface area contributed by atoms with Crippen LogP contribution in [0.15, 0.2) is 0 Å². The van der Waals surface area contributed by atoms with Crippen LogP contribution in [0.3, 0.4) is 0 Å². The van der Waals surface area contributed by atoms with Gasteiger partial charge in [-0.15, -0.1) is 0 Å². The van der Waals surface area contributed by atoms with Gasteiger partial charge in [-0.3, -0.25) is 4.79 Å².